The average Bonchev–Trinajstić information content (AvgIpc) is 2.53. The van der Waals surface area contributed by atoms with Gasteiger partial charge in [0.05, 0.1) is 12.6 Å². The van der Waals surface area contributed by atoms with Crippen molar-refractivity contribution in [2.75, 3.05) is 20.1 Å². The highest BCUT2D eigenvalue weighted by molar-refractivity contribution is 5.11. The molecule has 0 bridgehead atoms. The van der Waals surface area contributed by atoms with E-state index >= 15 is 0 Å². The predicted molar refractivity (Wildman–Crippen MR) is 56.6 cm³/mol. The third-order valence-electron chi connectivity index (χ3n) is 2.49. The van der Waals surface area contributed by atoms with Crippen LogP contribution < -0.4 is 5.32 Å². The molecule has 0 amide bonds. The molecule has 0 saturated carbocycles. The van der Waals surface area contributed by atoms with E-state index in [2.05, 4.69) is 35.9 Å². The minimum atomic E-state index is 0.508. The lowest BCUT2D eigenvalue weighted by Crippen LogP contribution is -2.34. The molecule has 1 heterocycles. The molecule has 1 saturated heterocycles. The molecule has 1 N–H and O–H groups in total. The SMILES string of the molecule is CNCC#CC1CCCN1C(C)C. The third kappa shape index (κ3) is 3.02. The summed E-state index contributed by atoms with van der Waals surface area (Å²) in [7, 11) is 1.93. The number of likely N-dealkylation sites (tertiary alicyclic amines) is 1. The Morgan fingerprint density at radius 1 is 1.54 bits per heavy atom. The van der Waals surface area contributed by atoms with Gasteiger partial charge in [0.2, 0.25) is 0 Å². The first-order valence-corrected chi connectivity index (χ1v) is 5.14. The lowest BCUT2D eigenvalue weighted by atomic mass is 10.2. The van der Waals surface area contributed by atoms with Gasteiger partial charge in [-0.15, -0.1) is 0 Å². The maximum atomic E-state index is 3.33. The molecule has 1 rings (SSSR count). The third-order valence-corrected chi connectivity index (χ3v) is 2.49. The van der Waals surface area contributed by atoms with Crippen LogP contribution in [0.4, 0.5) is 0 Å². The summed E-state index contributed by atoms with van der Waals surface area (Å²) in [6, 6.07) is 1.14. The van der Waals surface area contributed by atoms with Crippen LogP contribution in [-0.2, 0) is 0 Å². The Kier molecular flexibility index (Phi) is 4.27. The number of hydrogen-bond donors (Lipinski definition) is 1. The Morgan fingerprint density at radius 2 is 2.31 bits per heavy atom. The van der Waals surface area contributed by atoms with Crippen LogP contribution in [0.5, 0.6) is 0 Å². The predicted octanol–water partition coefficient (Wildman–Crippen LogP) is 1.08. The van der Waals surface area contributed by atoms with Gasteiger partial charge >= 0.3 is 0 Å². The fraction of sp³-hybridized carbons (Fsp3) is 0.818. The van der Waals surface area contributed by atoms with Gasteiger partial charge < -0.3 is 5.32 Å². The molecule has 1 atom stereocenters. The van der Waals surface area contributed by atoms with Gasteiger partial charge in [-0.05, 0) is 40.3 Å². The van der Waals surface area contributed by atoms with E-state index in [1.54, 1.807) is 0 Å². The maximum Gasteiger partial charge on any atom is 0.0717 e. The fourth-order valence-corrected chi connectivity index (χ4v) is 1.82. The zero-order valence-corrected chi connectivity index (χ0v) is 8.93. The van der Waals surface area contributed by atoms with Crippen LogP contribution in [0, 0.1) is 11.8 Å². The second kappa shape index (κ2) is 5.26. The number of rotatable bonds is 2. The van der Waals surface area contributed by atoms with E-state index in [1.807, 2.05) is 7.05 Å². The van der Waals surface area contributed by atoms with Gasteiger partial charge in [-0.2, -0.15) is 0 Å². The van der Waals surface area contributed by atoms with Gasteiger partial charge in [-0.3, -0.25) is 4.90 Å². The lowest BCUT2D eigenvalue weighted by Gasteiger charge is -2.24. The van der Waals surface area contributed by atoms with Crippen LogP contribution in [0.2, 0.25) is 0 Å². The molecule has 0 aromatic carbocycles. The van der Waals surface area contributed by atoms with Gasteiger partial charge in [0, 0.05) is 6.04 Å². The number of nitrogens with zero attached hydrogens (tertiary/aromatic N) is 1. The quantitative estimate of drug-likeness (QED) is 0.640. The normalized spacial score (nSPS) is 23.2. The van der Waals surface area contributed by atoms with Crippen LogP contribution in [-0.4, -0.2) is 37.1 Å². The fourth-order valence-electron chi connectivity index (χ4n) is 1.82. The van der Waals surface area contributed by atoms with Crippen molar-refractivity contribution in [1.29, 1.82) is 0 Å². The van der Waals surface area contributed by atoms with Crippen molar-refractivity contribution in [2.24, 2.45) is 0 Å². The molecular weight excluding hydrogens is 160 g/mol. The zero-order valence-electron chi connectivity index (χ0n) is 8.93. The highest BCUT2D eigenvalue weighted by Crippen LogP contribution is 2.18. The second-order valence-corrected chi connectivity index (χ2v) is 3.84. The Hall–Kier alpha value is -0.520. The monoisotopic (exact) mass is 180 g/mol. The van der Waals surface area contributed by atoms with Crippen LogP contribution in [0.1, 0.15) is 26.7 Å². The highest BCUT2D eigenvalue weighted by atomic mass is 15.2. The Morgan fingerprint density at radius 3 is 2.92 bits per heavy atom. The molecule has 0 aromatic heterocycles. The van der Waals surface area contributed by atoms with Crippen molar-refractivity contribution in [3.63, 3.8) is 0 Å². The smallest absolute Gasteiger partial charge is 0.0717 e. The van der Waals surface area contributed by atoms with Crippen molar-refractivity contribution < 1.29 is 0 Å². The van der Waals surface area contributed by atoms with E-state index in [9.17, 15) is 0 Å². The highest BCUT2D eigenvalue weighted by Gasteiger charge is 2.24. The van der Waals surface area contributed by atoms with Gasteiger partial charge in [-0.25, -0.2) is 0 Å². The van der Waals surface area contributed by atoms with Crippen molar-refractivity contribution in [1.82, 2.24) is 10.2 Å². The zero-order chi connectivity index (χ0) is 9.68. The van der Waals surface area contributed by atoms with Crippen molar-refractivity contribution in [3.8, 4) is 11.8 Å². The van der Waals surface area contributed by atoms with Crippen LogP contribution in [0.3, 0.4) is 0 Å². The van der Waals surface area contributed by atoms with Crippen molar-refractivity contribution in [3.05, 3.63) is 0 Å². The van der Waals surface area contributed by atoms with Gasteiger partial charge in [0.25, 0.3) is 0 Å². The minimum absolute atomic E-state index is 0.508. The van der Waals surface area contributed by atoms with E-state index in [1.165, 1.54) is 19.4 Å². The molecule has 1 aliphatic rings. The summed E-state index contributed by atoms with van der Waals surface area (Å²) in [5.74, 6) is 6.49. The summed E-state index contributed by atoms with van der Waals surface area (Å²) >= 11 is 0. The Labute approximate surface area is 81.7 Å². The first kappa shape index (κ1) is 10.6. The maximum absolute atomic E-state index is 3.33. The summed E-state index contributed by atoms with van der Waals surface area (Å²) in [6.45, 7) is 6.52. The van der Waals surface area contributed by atoms with Crippen LogP contribution >= 0.6 is 0 Å². The molecule has 2 heteroatoms. The van der Waals surface area contributed by atoms with Gasteiger partial charge in [0.15, 0.2) is 0 Å². The van der Waals surface area contributed by atoms with E-state index in [4.69, 9.17) is 0 Å². The van der Waals surface area contributed by atoms with Crippen molar-refractivity contribution in [2.45, 2.75) is 38.8 Å². The molecule has 13 heavy (non-hydrogen) atoms. The van der Waals surface area contributed by atoms with Gasteiger partial charge in [0.1, 0.15) is 0 Å². The van der Waals surface area contributed by atoms with E-state index in [-0.39, 0.29) is 0 Å². The first-order valence-electron chi connectivity index (χ1n) is 5.14. The molecule has 0 spiro atoms. The molecule has 74 valence electrons. The summed E-state index contributed by atoms with van der Waals surface area (Å²) in [5, 5.41) is 3.04. The molecule has 2 nitrogen and oxygen atoms in total. The Balaban J connectivity index is 2.45. The summed E-state index contributed by atoms with van der Waals surface area (Å²) in [5.41, 5.74) is 0. The van der Waals surface area contributed by atoms with E-state index in [0.717, 1.165) is 6.54 Å². The molecule has 0 radical (unpaired) electrons. The molecule has 0 aromatic rings. The van der Waals surface area contributed by atoms with Gasteiger partial charge in [-0.1, -0.05) is 11.8 Å². The largest absolute Gasteiger partial charge is 0.309 e. The first-order chi connectivity index (χ1) is 6.25. The molecule has 1 aliphatic heterocycles. The van der Waals surface area contributed by atoms with Crippen LogP contribution in [0.15, 0.2) is 0 Å². The van der Waals surface area contributed by atoms with Crippen LogP contribution in [0.25, 0.3) is 0 Å². The van der Waals surface area contributed by atoms with Crippen molar-refractivity contribution >= 4 is 0 Å². The standard InChI is InChI=1S/C11H20N2/c1-10(2)13-9-5-7-11(13)6-4-8-12-3/h10-12H,5,7-9H2,1-3H3. The lowest BCUT2D eigenvalue weighted by molar-refractivity contribution is 0.239. The number of hydrogen-bond acceptors (Lipinski definition) is 2. The summed E-state index contributed by atoms with van der Waals surface area (Å²) in [6.07, 6.45) is 2.55. The van der Waals surface area contributed by atoms with E-state index in [0.29, 0.717) is 12.1 Å². The molecule has 0 aliphatic carbocycles. The molecular formula is C11H20N2. The minimum Gasteiger partial charge on any atom is -0.309 e. The molecule has 1 fully saturated rings. The summed E-state index contributed by atoms with van der Waals surface area (Å²) < 4.78 is 0. The average molecular weight is 180 g/mol. The molecule has 1 unspecified atom stereocenters. The van der Waals surface area contributed by atoms with E-state index < -0.39 is 0 Å². The number of nitrogens with one attached hydrogen (secondary N) is 1. The topological polar surface area (TPSA) is 15.3 Å². The Bertz CT molecular complexity index is 200. The second-order valence-electron chi connectivity index (χ2n) is 3.84. The summed E-state index contributed by atoms with van der Waals surface area (Å²) in [4.78, 5) is 2.49.